The zero-order valence-electron chi connectivity index (χ0n) is 8.99. The molecule has 0 unspecified atom stereocenters. The highest BCUT2D eigenvalue weighted by Gasteiger charge is 2.05. The summed E-state index contributed by atoms with van der Waals surface area (Å²) in [5.41, 5.74) is 1.92. The van der Waals surface area contributed by atoms with Gasteiger partial charge < -0.3 is 0 Å². The van der Waals surface area contributed by atoms with Gasteiger partial charge in [-0.2, -0.15) is 0 Å². The van der Waals surface area contributed by atoms with E-state index in [-0.39, 0.29) is 0 Å². The maximum absolute atomic E-state index is 4.46. The standard InChI is InChI=1S/C12H16N2/c1-5-7-11-10(6-2)8-13-12(14-11)9(3)4/h5-9H,2H2,1,3-4H3/b7-5-. The smallest absolute Gasteiger partial charge is 0.131 e. The molecule has 0 amide bonds. The molecule has 1 rings (SSSR count). The molecule has 1 heterocycles. The third kappa shape index (κ3) is 2.28. The number of hydrogen-bond donors (Lipinski definition) is 0. The SMILES string of the molecule is C=Cc1cnc(C(C)C)nc1/C=C\C. The van der Waals surface area contributed by atoms with Gasteiger partial charge in [0.15, 0.2) is 0 Å². The minimum Gasteiger partial charge on any atom is -0.240 e. The van der Waals surface area contributed by atoms with Crippen molar-refractivity contribution in [2.24, 2.45) is 0 Å². The van der Waals surface area contributed by atoms with Gasteiger partial charge in [-0.05, 0) is 13.0 Å². The van der Waals surface area contributed by atoms with Gasteiger partial charge in [-0.3, -0.25) is 0 Å². The molecule has 0 aliphatic rings. The van der Waals surface area contributed by atoms with Crippen LogP contribution in [0.1, 0.15) is 43.8 Å². The van der Waals surface area contributed by atoms with Gasteiger partial charge in [0, 0.05) is 17.7 Å². The predicted octanol–water partition coefficient (Wildman–Crippen LogP) is 3.28. The summed E-state index contributed by atoms with van der Waals surface area (Å²) in [5.74, 6) is 1.24. The molecule has 2 heteroatoms. The highest BCUT2D eigenvalue weighted by atomic mass is 14.9. The van der Waals surface area contributed by atoms with Crippen LogP contribution in [0.3, 0.4) is 0 Å². The van der Waals surface area contributed by atoms with E-state index in [9.17, 15) is 0 Å². The molecule has 74 valence electrons. The number of allylic oxidation sites excluding steroid dienone is 1. The summed E-state index contributed by atoms with van der Waals surface area (Å²) in [5, 5.41) is 0. The van der Waals surface area contributed by atoms with Gasteiger partial charge in [-0.25, -0.2) is 9.97 Å². The largest absolute Gasteiger partial charge is 0.240 e. The molecule has 1 aromatic rings. The highest BCUT2D eigenvalue weighted by molar-refractivity contribution is 5.60. The molecule has 0 radical (unpaired) electrons. The summed E-state index contributed by atoms with van der Waals surface area (Å²) in [4.78, 5) is 8.74. The van der Waals surface area contributed by atoms with Crippen LogP contribution in [0.15, 0.2) is 18.9 Å². The maximum atomic E-state index is 4.46. The lowest BCUT2D eigenvalue weighted by Crippen LogP contribution is -2.00. The second-order valence-corrected chi connectivity index (χ2v) is 3.43. The van der Waals surface area contributed by atoms with Gasteiger partial charge in [0.05, 0.1) is 5.69 Å². The number of rotatable bonds is 3. The molecule has 0 N–H and O–H groups in total. The number of nitrogens with zero attached hydrogens (tertiary/aromatic N) is 2. The normalized spacial score (nSPS) is 11.1. The van der Waals surface area contributed by atoms with E-state index in [0.29, 0.717) is 5.92 Å². The van der Waals surface area contributed by atoms with Crippen LogP contribution in [0.4, 0.5) is 0 Å². The molecule has 0 spiro atoms. The van der Waals surface area contributed by atoms with Gasteiger partial charge in [0.1, 0.15) is 5.82 Å². The van der Waals surface area contributed by atoms with Gasteiger partial charge in [0.25, 0.3) is 0 Å². The Morgan fingerprint density at radius 1 is 1.43 bits per heavy atom. The summed E-state index contributed by atoms with van der Waals surface area (Å²) < 4.78 is 0. The van der Waals surface area contributed by atoms with Crippen molar-refractivity contribution in [2.75, 3.05) is 0 Å². The molecule has 2 nitrogen and oxygen atoms in total. The zero-order valence-corrected chi connectivity index (χ0v) is 8.99. The minimum absolute atomic E-state index is 0.359. The molecule has 0 atom stereocenters. The van der Waals surface area contributed by atoms with E-state index >= 15 is 0 Å². The fourth-order valence-electron chi connectivity index (χ4n) is 1.15. The lowest BCUT2D eigenvalue weighted by atomic mass is 10.1. The molecule has 0 fully saturated rings. The van der Waals surface area contributed by atoms with Gasteiger partial charge >= 0.3 is 0 Å². The van der Waals surface area contributed by atoms with E-state index in [4.69, 9.17) is 0 Å². The number of hydrogen-bond acceptors (Lipinski definition) is 2. The second-order valence-electron chi connectivity index (χ2n) is 3.43. The van der Waals surface area contributed by atoms with Crippen molar-refractivity contribution in [1.82, 2.24) is 9.97 Å². The Kier molecular flexibility index (Phi) is 3.57. The van der Waals surface area contributed by atoms with E-state index < -0.39 is 0 Å². The summed E-state index contributed by atoms with van der Waals surface area (Å²) >= 11 is 0. The molecule has 0 aliphatic carbocycles. The van der Waals surface area contributed by atoms with Crippen molar-refractivity contribution in [2.45, 2.75) is 26.7 Å². The third-order valence-corrected chi connectivity index (χ3v) is 1.93. The summed E-state index contributed by atoms with van der Waals surface area (Å²) in [6.07, 6.45) is 7.55. The van der Waals surface area contributed by atoms with Crippen LogP contribution in [0.2, 0.25) is 0 Å². The lowest BCUT2D eigenvalue weighted by molar-refractivity contribution is 0.771. The first-order chi connectivity index (χ1) is 6.69. The molecule has 0 bridgehead atoms. The first kappa shape index (κ1) is 10.6. The average Bonchev–Trinajstić information content (AvgIpc) is 2.18. The van der Waals surface area contributed by atoms with Crippen molar-refractivity contribution in [3.63, 3.8) is 0 Å². The Bertz CT molecular complexity index is 351. The zero-order chi connectivity index (χ0) is 10.6. The quantitative estimate of drug-likeness (QED) is 0.727. The van der Waals surface area contributed by atoms with E-state index in [1.165, 1.54) is 0 Å². The van der Waals surface area contributed by atoms with Crippen LogP contribution in [0, 0.1) is 0 Å². The van der Waals surface area contributed by atoms with E-state index in [1.807, 2.05) is 25.3 Å². The predicted molar refractivity (Wildman–Crippen MR) is 60.9 cm³/mol. The average molecular weight is 188 g/mol. The Hall–Kier alpha value is -1.44. The van der Waals surface area contributed by atoms with Crippen molar-refractivity contribution >= 4 is 12.2 Å². The first-order valence-electron chi connectivity index (χ1n) is 4.81. The fraction of sp³-hybridized carbons (Fsp3) is 0.333. The summed E-state index contributed by atoms with van der Waals surface area (Å²) in [6.45, 7) is 9.88. The van der Waals surface area contributed by atoms with Crippen LogP contribution in [-0.2, 0) is 0 Å². The van der Waals surface area contributed by atoms with E-state index in [1.54, 1.807) is 6.08 Å². The molecular weight excluding hydrogens is 172 g/mol. The van der Waals surface area contributed by atoms with E-state index in [0.717, 1.165) is 17.1 Å². The van der Waals surface area contributed by atoms with Crippen molar-refractivity contribution in [3.05, 3.63) is 35.9 Å². The topological polar surface area (TPSA) is 25.8 Å². The first-order valence-corrected chi connectivity index (χ1v) is 4.81. The fourth-order valence-corrected chi connectivity index (χ4v) is 1.15. The van der Waals surface area contributed by atoms with Crippen LogP contribution >= 0.6 is 0 Å². The van der Waals surface area contributed by atoms with Crippen LogP contribution in [-0.4, -0.2) is 9.97 Å². The molecule has 0 saturated carbocycles. The Morgan fingerprint density at radius 2 is 2.14 bits per heavy atom. The Morgan fingerprint density at radius 3 is 2.64 bits per heavy atom. The van der Waals surface area contributed by atoms with Gasteiger partial charge in [-0.15, -0.1) is 0 Å². The van der Waals surface area contributed by atoms with Gasteiger partial charge in [0.2, 0.25) is 0 Å². The Balaban J connectivity index is 3.20. The van der Waals surface area contributed by atoms with Crippen LogP contribution in [0.5, 0.6) is 0 Å². The summed E-state index contributed by atoms with van der Waals surface area (Å²) in [6, 6.07) is 0. The Labute approximate surface area is 85.4 Å². The molecule has 1 aromatic heterocycles. The van der Waals surface area contributed by atoms with Crippen molar-refractivity contribution in [3.8, 4) is 0 Å². The molecule has 0 aliphatic heterocycles. The van der Waals surface area contributed by atoms with E-state index in [2.05, 4.69) is 30.4 Å². The van der Waals surface area contributed by atoms with Crippen molar-refractivity contribution in [1.29, 1.82) is 0 Å². The molecular formula is C12H16N2. The van der Waals surface area contributed by atoms with Crippen LogP contribution < -0.4 is 0 Å². The number of aromatic nitrogens is 2. The summed E-state index contributed by atoms with van der Waals surface area (Å²) in [7, 11) is 0. The van der Waals surface area contributed by atoms with Crippen molar-refractivity contribution < 1.29 is 0 Å². The van der Waals surface area contributed by atoms with Gasteiger partial charge in [-0.1, -0.05) is 32.6 Å². The second kappa shape index (κ2) is 4.70. The highest BCUT2D eigenvalue weighted by Crippen LogP contribution is 2.14. The maximum Gasteiger partial charge on any atom is 0.131 e. The minimum atomic E-state index is 0.359. The monoisotopic (exact) mass is 188 g/mol. The molecule has 0 saturated heterocycles. The molecule has 0 aromatic carbocycles. The van der Waals surface area contributed by atoms with Crippen LogP contribution in [0.25, 0.3) is 12.2 Å². The lowest BCUT2D eigenvalue weighted by Gasteiger charge is -2.06. The third-order valence-electron chi connectivity index (χ3n) is 1.93. The molecule has 14 heavy (non-hydrogen) atoms.